The largest absolute Gasteiger partial charge is 0.359 e. The summed E-state index contributed by atoms with van der Waals surface area (Å²) < 4.78 is 25.0. The number of nitrogens with zero attached hydrogens (tertiary/aromatic N) is 2. The normalized spacial score (nSPS) is 25.9. The van der Waals surface area contributed by atoms with Gasteiger partial charge in [0.25, 0.3) is 0 Å². The first-order valence-corrected chi connectivity index (χ1v) is 9.77. The number of carbonyl (C=O) groups excluding carboxylic acids is 2. The quantitative estimate of drug-likeness (QED) is 0.661. The van der Waals surface area contributed by atoms with Crippen molar-refractivity contribution in [3.05, 3.63) is 0 Å². The lowest BCUT2D eigenvalue weighted by Crippen LogP contribution is -2.55. The Labute approximate surface area is 137 Å². The summed E-state index contributed by atoms with van der Waals surface area (Å²) in [6, 6.07) is 0. The van der Waals surface area contributed by atoms with Crippen LogP contribution in [-0.2, 0) is 19.6 Å². The fourth-order valence-electron chi connectivity index (χ4n) is 3.37. The highest BCUT2D eigenvalue weighted by Crippen LogP contribution is 2.29. The van der Waals surface area contributed by atoms with Gasteiger partial charge in [0.2, 0.25) is 21.8 Å². The average Bonchev–Trinajstić information content (AvgIpc) is 2.81. The maximum atomic E-state index is 12.8. The molecule has 3 N–H and O–H groups in total. The van der Waals surface area contributed by atoms with Crippen molar-refractivity contribution < 1.29 is 18.0 Å². The molecule has 132 valence electrons. The maximum absolute atomic E-state index is 12.8. The van der Waals surface area contributed by atoms with Gasteiger partial charge in [-0.05, 0) is 12.8 Å². The molecule has 1 heterocycles. The first kappa shape index (κ1) is 18.2. The number of hydrogen-bond acceptors (Lipinski definition) is 5. The van der Waals surface area contributed by atoms with E-state index in [0.29, 0.717) is 12.8 Å². The summed E-state index contributed by atoms with van der Waals surface area (Å²) >= 11 is 0. The molecule has 23 heavy (non-hydrogen) atoms. The molecule has 0 spiro atoms. The summed E-state index contributed by atoms with van der Waals surface area (Å²) in [5.41, 5.74) is 5.37. The number of nitrogens with two attached hydrogens (primary N) is 1. The molecule has 0 bridgehead atoms. The average molecular weight is 346 g/mol. The topological polar surface area (TPSA) is 113 Å². The van der Waals surface area contributed by atoms with E-state index in [-0.39, 0.29) is 38.0 Å². The van der Waals surface area contributed by atoms with Crippen molar-refractivity contribution in [2.24, 2.45) is 11.7 Å². The summed E-state index contributed by atoms with van der Waals surface area (Å²) in [7, 11) is -1.92. The van der Waals surface area contributed by atoms with Crippen LogP contribution in [0.15, 0.2) is 0 Å². The van der Waals surface area contributed by atoms with Gasteiger partial charge in [0.1, 0.15) is 0 Å². The van der Waals surface area contributed by atoms with Gasteiger partial charge in [-0.2, -0.15) is 4.31 Å². The minimum Gasteiger partial charge on any atom is -0.359 e. The van der Waals surface area contributed by atoms with Crippen LogP contribution in [0.1, 0.15) is 25.7 Å². The second-order valence-corrected chi connectivity index (χ2v) is 8.53. The van der Waals surface area contributed by atoms with E-state index in [1.807, 2.05) is 0 Å². The lowest BCUT2D eigenvalue weighted by atomic mass is 9.96. The molecule has 1 saturated heterocycles. The molecular formula is C14H26N4O4S. The van der Waals surface area contributed by atoms with Crippen LogP contribution in [0.25, 0.3) is 0 Å². The van der Waals surface area contributed by atoms with Crippen LogP contribution in [0.4, 0.5) is 0 Å². The lowest BCUT2D eigenvalue weighted by Gasteiger charge is -2.31. The maximum Gasteiger partial charge on any atom is 0.242 e. The molecule has 0 radical (unpaired) electrons. The van der Waals surface area contributed by atoms with E-state index >= 15 is 0 Å². The lowest BCUT2D eigenvalue weighted by molar-refractivity contribution is -0.138. The number of nitrogens with one attached hydrogen (secondary N) is 1. The Morgan fingerprint density at radius 3 is 2.30 bits per heavy atom. The molecule has 0 aromatic heterocycles. The Morgan fingerprint density at radius 2 is 1.78 bits per heavy atom. The molecule has 1 atom stereocenters. The van der Waals surface area contributed by atoms with E-state index in [4.69, 9.17) is 5.73 Å². The van der Waals surface area contributed by atoms with Crippen LogP contribution in [0.3, 0.4) is 0 Å². The van der Waals surface area contributed by atoms with Crippen molar-refractivity contribution in [2.45, 2.75) is 31.2 Å². The molecule has 1 aliphatic heterocycles. The van der Waals surface area contributed by atoms with Gasteiger partial charge in [0, 0.05) is 33.2 Å². The second-order valence-electron chi connectivity index (χ2n) is 6.55. The van der Waals surface area contributed by atoms with Gasteiger partial charge < -0.3 is 16.0 Å². The standard InChI is InChI=1S/C14H26N4O4S/c1-16-12(19)11-9-17(7-8-18(10-11)23(2,21)22)13(20)14(15)5-3-4-6-14/h11H,3-10,15H2,1-2H3,(H,16,19)/t11-/m0/s1. The fraction of sp³-hybridized carbons (Fsp3) is 0.857. The number of rotatable bonds is 3. The van der Waals surface area contributed by atoms with Crippen LogP contribution in [0.2, 0.25) is 0 Å². The van der Waals surface area contributed by atoms with Gasteiger partial charge in [0.05, 0.1) is 17.7 Å². The van der Waals surface area contributed by atoms with Crippen molar-refractivity contribution in [1.29, 1.82) is 0 Å². The zero-order valence-electron chi connectivity index (χ0n) is 13.7. The van der Waals surface area contributed by atoms with Crippen LogP contribution in [-0.4, -0.2) is 74.5 Å². The third-order valence-corrected chi connectivity index (χ3v) is 6.05. The summed E-state index contributed by atoms with van der Waals surface area (Å²) in [5, 5.41) is 2.54. The second kappa shape index (κ2) is 6.74. The molecule has 1 saturated carbocycles. The van der Waals surface area contributed by atoms with Gasteiger partial charge in [0.15, 0.2) is 0 Å². The molecule has 2 amide bonds. The first-order valence-electron chi connectivity index (χ1n) is 7.92. The highest BCUT2D eigenvalue weighted by Gasteiger charge is 2.42. The van der Waals surface area contributed by atoms with Gasteiger partial charge >= 0.3 is 0 Å². The molecule has 0 aromatic carbocycles. The molecule has 1 aliphatic carbocycles. The van der Waals surface area contributed by atoms with E-state index in [2.05, 4.69) is 5.32 Å². The predicted molar refractivity (Wildman–Crippen MR) is 85.9 cm³/mol. The highest BCUT2D eigenvalue weighted by molar-refractivity contribution is 7.88. The summed E-state index contributed by atoms with van der Waals surface area (Å²) in [4.78, 5) is 26.4. The third-order valence-electron chi connectivity index (χ3n) is 4.78. The minimum atomic E-state index is -3.42. The zero-order valence-corrected chi connectivity index (χ0v) is 14.6. The van der Waals surface area contributed by atoms with Gasteiger partial charge in [-0.1, -0.05) is 12.8 Å². The molecule has 0 aromatic rings. The monoisotopic (exact) mass is 346 g/mol. The molecule has 0 unspecified atom stereocenters. The molecule has 8 nitrogen and oxygen atoms in total. The van der Waals surface area contributed by atoms with Crippen molar-refractivity contribution in [3.8, 4) is 0 Å². The van der Waals surface area contributed by atoms with E-state index in [1.165, 1.54) is 11.4 Å². The molecule has 2 aliphatic rings. The predicted octanol–water partition coefficient (Wildman–Crippen LogP) is -1.28. The Balaban J connectivity index is 2.21. The Morgan fingerprint density at radius 1 is 1.17 bits per heavy atom. The van der Waals surface area contributed by atoms with Gasteiger partial charge in [-0.25, -0.2) is 8.42 Å². The van der Waals surface area contributed by atoms with Crippen molar-refractivity contribution in [1.82, 2.24) is 14.5 Å². The third kappa shape index (κ3) is 4.02. The molecule has 2 rings (SSSR count). The van der Waals surface area contributed by atoms with Crippen LogP contribution in [0, 0.1) is 5.92 Å². The Bertz CT molecular complexity index is 571. The Kier molecular flexibility index (Phi) is 5.32. The zero-order chi connectivity index (χ0) is 17.3. The first-order chi connectivity index (χ1) is 10.7. The number of carbonyl (C=O) groups is 2. The van der Waals surface area contributed by atoms with Crippen molar-refractivity contribution >= 4 is 21.8 Å². The summed E-state index contributed by atoms with van der Waals surface area (Å²) in [6.07, 6.45) is 4.24. The van der Waals surface area contributed by atoms with Crippen molar-refractivity contribution in [2.75, 3.05) is 39.5 Å². The number of hydrogen-bond donors (Lipinski definition) is 2. The Hall–Kier alpha value is -1.19. The number of sulfonamides is 1. The van der Waals surface area contributed by atoms with E-state index in [9.17, 15) is 18.0 Å². The van der Waals surface area contributed by atoms with E-state index in [0.717, 1.165) is 19.1 Å². The van der Waals surface area contributed by atoms with Crippen molar-refractivity contribution in [3.63, 3.8) is 0 Å². The van der Waals surface area contributed by atoms with Gasteiger partial charge in [-0.3, -0.25) is 9.59 Å². The smallest absolute Gasteiger partial charge is 0.242 e. The molecule has 9 heteroatoms. The van der Waals surface area contributed by atoms with Crippen LogP contribution in [0.5, 0.6) is 0 Å². The fourth-order valence-corrected chi connectivity index (χ4v) is 4.24. The molecular weight excluding hydrogens is 320 g/mol. The van der Waals surface area contributed by atoms with E-state index in [1.54, 1.807) is 4.90 Å². The summed E-state index contributed by atoms with van der Waals surface area (Å²) in [6.45, 7) is 0.732. The summed E-state index contributed by atoms with van der Waals surface area (Å²) in [5.74, 6) is -1.03. The minimum absolute atomic E-state index is 0.0832. The van der Waals surface area contributed by atoms with E-state index < -0.39 is 21.5 Å². The van der Waals surface area contributed by atoms with Gasteiger partial charge in [-0.15, -0.1) is 0 Å². The number of amides is 2. The SMILES string of the molecule is CNC(=O)[C@H]1CN(C(=O)C2(N)CCCC2)CCN(S(C)(=O)=O)C1. The van der Waals surface area contributed by atoms with Crippen LogP contribution >= 0.6 is 0 Å². The highest BCUT2D eigenvalue weighted by atomic mass is 32.2. The van der Waals surface area contributed by atoms with Crippen LogP contribution < -0.4 is 11.1 Å². The molecule has 2 fully saturated rings.